The number of hydrogen-bond donors (Lipinski definition) is 2. The lowest BCUT2D eigenvalue weighted by Gasteiger charge is -2.23. The molecule has 2 rings (SSSR count). The van der Waals surface area contributed by atoms with Gasteiger partial charge in [-0.1, -0.05) is 17.7 Å². The Bertz CT molecular complexity index is 629. The molecular formula is C13H16ClF3N2O2S. The van der Waals surface area contributed by atoms with Gasteiger partial charge < -0.3 is 5.32 Å². The standard InChI is InChI=1S/C13H16ClF3N2O2S/c14-12-4-3-9(6-11(12)13(15,16)17)7-19-22(20,21)10-2-1-5-18-8-10/h3-4,6,10,18-19H,1-2,5,7-8H2. The Balaban J connectivity index is 2.08. The van der Waals surface area contributed by atoms with Gasteiger partial charge in [0.15, 0.2) is 0 Å². The second-order valence-electron chi connectivity index (χ2n) is 5.15. The van der Waals surface area contributed by atoms with E-state index in [-0.39, 0.29) is 12.1 Å². The van der Waals surface area contributed by atoms with E-state index in [1.165, 1.54) is 6.07 Å². The predicted molar refractivity (Wildman–Crippen MR) is 78.1 cm³/mol. The maximum absolute atomic E-state index is 12.8. The highest BCUT2D eigenvalue weighted by Crippen LogP contribution is 2.35. The van der Waals surface area contributed by atoms with Gasteiger partial charge in [0.05, 0.1) is 15.8 Å². The van der Waals surface area contributed by atoms with Crippen LogP contribution < -0.4 is 10.0 Å². The fraction of sp³-hybridized carbons (Fsp3) is 0.538. The lowest BCUT2D eigenvalue weighted by molar-refractivity contribution is -0.137. The van der Waals surface area contributed by atoms with E-state index in [0.29, 0.717) is 13.0 Å². The number of hydrogen-bond acceptors (Lipinski definition) is 3. The normalized spacial score (nSPS) is 20.1. The van der Waals surface area contributed by atoms with Gasteiger partial charge in [0.1, 0.15) is 0 Å². The van der Waals surface area contributed by atoms with Crippen molar-refractivity contribution >= 4 is 21.6 Å². The molecule has 1 fully saturated rings. The van der Waals surface area contributed by atoms with Crippen LogP contribution in [-0.4, -0.2) is 26.8 Å². The summed E-state index contributed by atoms with van der Waals surface area (Å²) in [4.78, 5) is 0. The zero-order chi connectivity index (χ0) is 16.4. The average Bonchev–Trinajstić information content (AvgIpc) is 2.46. The lowest BCUT2D eigenvalue weighted by atomic mass is 10.1. The summed E-state index contributed by atoms with van der Waals surface area (Å²) in [6.07, 6.45) is -3.28. The highest BCUT2D eigenvalue weighted by atomic mass is 35.5. The monoisotopic (exact) mass is 356 g/mol. The minimum atomic E-state index is -4.57. The molecule has 1 atom stereocenters. The number of piperidine rings is 1. The molecule has 0 aliphatic carbocycles. The van der Waals surface area contributed by atoms with Gasteiger partial charge in [-0.3, -0.25) is 0 Å². The third kappa shape index (κ3) is 4.34. The molecule has 0 amide bonds. The van der Waals surface area contributed by atoms with Crippen molar-refractivity contribution in [3.63, 3.8) is 0 Å². The summed E-state index contributed by atoms with van der Waals surface area (Å²) < 4.78 is 64.9. The third-order valence-corrected chi connectivity index (χ3v) is 5.66. The molecule has 1 aromatic rings. The molecule has 124 valence electrons. The molecular weight excluding hydrogens is 341 g/mol. The first kappa shape index (κ1) is 17.5. The number of nitrogens with one attached hydrogen (secondary N) is 2. The molecule has 0 bridgehead atoms. The molecule has 0 spiro atoms. The third-order valence-electron chi connectivity index (χ3n) is 3.50. The van der Waals surface area contributed by atoms with Gasteiger partial charge in [-0.05, 0) is 37.1 Å². The van der Waals surface area contributed by atoms with Crippen LogP contribution in [0.3, 0.4) is 0 Å². The van der Waals surface area contributed by atoms with Gasteiger partial charge in [0.2, 0.25) is 10.0 Å². The Morgan fingerprint density at radius 3 is 2.68 bits per heavy atom. The zero-order valence-electron chi connectivity index (χ0n) is 11.6. The summed E-state index contributed by atoms with van der Waals surface area (Å²) in [6.45, 7) is 0.932. The van der Waals surface area contributed by atoms with Crippen LogP contribution in [0.15, 0.2) is 18.2 Å². The van der Waals surface area contributed by atoms with Crippen LogP contribution in [0.25, 0.3) is 0 Å². The molecule has 1 saturated heterocycles. The van der Waals surface area contributed by atoms with Crippen molar-refractivity contribution in [3.8, 4) is 0 Å². The van der Waals surface area contributed by atoms with E-state index in [9.17, 15) is 21.6 Å². The fourth-order valence-electron chi connectivity index (χ4n) is 2.29. The minimum Gasteiger partial charge on any atom is -0.315 e. The summed E-state index contributed by atoms with van der Waals surface area (Å²) >= 11 is 5.53. The molecule has 0 radical (unpaired) electrons. The Morgan fingerprint density at radius 1 is 1.36 bits per heavy atom. The van der Waals surface area contributed by atoms with Crippen LogP contribution in [0.2, 0.25) is 5.02 Å². The van der Waals surface area contributed by atoms with E-state index in [0.717, 1.165) is 25.1 Å². The fourth-order valence-corrected chi connectivity index (χ4v) is 3.93. The van der Waals surface area contributed by atoms with Gasteiger partial charge in [0, 0.05) is 13.1 Å². The Hall–Kier alpha value is -0.830. The zero-order valence-corrected chi connectivity index (χ0v) is 13.2. The molecule has 22 heavy (non-hydrogen) atoms. The van der Waals surface area contributed by atoms with Gasteiger partial charge in [-0.2, -0.15) is 13.2 Å². The molecule has 1 aliphatic rings. The maximum Gasteiger partial charge on any atom is 0.417 e. The Morgan fingerprint density at radius 2 is 2.09 bits per heavy atom. The second-order valence-corrected chi connectivity index (χ2v) is 7.60. The van der Waals surface area contributed by atoms with E-state index < -0.39 is 32.0 Å². The number of rotatable bonds is 4. The van der Waals surface area contributed by atoms with E-state index in [4.69, 9.17) is 11.6 Å². The van der Waals surface area contributed by atoms with Gasteiger partial charge in [0.25, 0.3) is 0 Å². The summed E-state index contributed by atoms with van der Waals surface area (Å²) in [5.74, 6) is 0. The minimum absolute atomic E-state index is 0.195. The summed E-state index contributed by atoms with van der Waals surface area (Å²) in [7, 11) is -3.57. The summed E-state index contributed by atoms with van der Waals surface area (Å²) in [5, 5.41) is 2.02. The molecule has 1 aromatic carbocycles. The lowest BCUT2D eigenvalue weighted by Crippen LogP contribution is -2.44. The van der Waals surface area contributed by atoms with Gasteiger partial charge >= 0.3 is 6.18 Å². The summed E-state index contributed by atoms with van der Waals surface area (Å²) in [6, 6.07) is 3.36. The van der Waals surface area contributed by atoms with Crippen molar-refractivity contribution in [1.29, 1.82) is 0 Å². The number of halogens is 4. The Labute approximate surface area is 132 Å². The number of benzene rings is 1. The van der Waals surface area contributed by atoms with Crippen molar-refractivity contribution in [3.05, 3.63) is 34.3 Å². The topological polar surface area (TPSA) is 58.2 Å². The molecule has 1 heterocycles. The van der Waals surface area contributed by atoms with Crippen molar-refractivity contribution in [2.75, 3.05) is 13.1 Å². The van der Waals surface area contributed by atoms with Gasteiger partial charge in [-0.15, -0.1) is 0 Å². The van der Waals surface area contributed by atoms with E-state index >= 15 is 0 Å². The Kier molecular flexibility index (Phi) is 5.37. The number of sulfonamides is 1. The predicted octanol–water partition coefficient (Wildman–Crippen LogP) is 2.53. The van der Waals surface area contributed by atoms with E-state index in [1.807, 2.05) is 0 Å². The van der Waals surface area contributed by atoms with Crippen molar-refractivity contribution in [1.82, 2.24) is 10.0 Å². The molecule has 9 heteroatoms. The molecule has 0 saturated carbocycles. The van der Waals surface area contributed by atoms with Crippen molar-refractivity contribution < 1.29 is 21.6 Å². The quantitative estimate of drug-likeness (QED) is 0.871. The highest BCUT2D eigenvalue weighted by molar-refractivity contribution is 7.90. The molecule has 4 nitrogen and oxygen atoms in total. The molecule has 1 aliphatic heterocycles. The first-order chi connectivity index (χ1) is 10.2. The SMILES string of the molecule is O=S(=O)(NCc1ccc(Cl)c(C(F)(F)F)c1)C1CCCNC1. The van der Waals surface area contributed by atoms with E-state index in [1.54, 1.807) is 0 Å². The highest BCUT2D eigenvalue weighted by Gasteiger charge is 2.33. The van der Waals surface area contributed by atoms with Gasteiger partial charge in [-0.25, -0.2) is 13.1 Å². The molecule has 0 aromatic heterocycles. The van der Waals surface area contributed by atoms with Crippen molar-refractivity contribution in [2.24, 2.45) is 0 Å². The number of alkyl halides is 3. The second kappa shape index (κ2) is 6.74. The van der Waals surface area contributed by atoms with Crippen molar-refractivity contribution in [2.45, 2.75) is 30.8 Å². The largest absolute Gasteiger partial charge is 0.417 e. The average molecular weight is 357 g/mol. The summed E-state index contributed by atoms with van der Waals surface area (Å²) in [5.41, 5.74) is -0.755. The van der Waals surface area contributed by atoms with Crippen LogP contribution >= 0.6 is 11.6 Å². The molecule has 1 unspecified atom stereocenters. The smallest absolute Gasteiger partial charge is 0.315 e. The first-order valence-corrected chi connectivity index (χ1v) is 8.67. The maximum atomic E-state index is 12.8. The molecule has 2 N–H and O–H groups in total. The van der Waals surface area contributed by atoms with Crippen LogP contribution in [0, 0.1) is 0 Å². The van der Waals surface area contributed by atoms with E-state index in [2.05, 4.69) is 10.0 Å². The van der Waals surface area contributed by atoms with Crippen LogP contribution in [-0.2, 0) is 22.7 Å². The van der Waals surface area contributed by atoms with Crippen LogP contribution in [0.1, 0.15) is 24.0 Å². The first-order valence-electron chi connectivity index (χ1n) is 6.75. The van der Waals surface area contributed by atoms with Crippen LogP contribution in [0.4, 0.5) is 13.2 Å². The van der Waals surface area contributed by atoms with Crippen LogP contribution in [0.5, 0.6) is 0 Å².